The Kier molecular flexibility index (Phi) is 5.71. The van der Waals surface area contributed by atoms with Gasteiger partial charge in [-0.3, -0.25) is 0 Å². The van der Waals surface area contributed by atoms with Crippen LogP contribution in [0.15, 0.2) is 97.1 Å². The van der Waals surface area contributed by atoms with Crippen LogP contribution in [0.2, 0.25) is 0 Å². The summed E-state index contributed by atoms with van der Waals surface area (Å²) in [5.74, 6) is 0.771. The van der Waals surface area contributed by atoms with Crippen molar-refractivity contribution in [3.05, 3.63) is 108 Å². The Bertz CT molecular complexity index is 1110. The minimum absolute atomic E-state index is 0.771. The van der Waals surface area contributed by atoms with Crippen LogP contribution in [0.25, 0.3) is 33.4 Å². The molecule has 0 unspecified atom stereocenters. The van der Waals surface area contributed by atoms with Gasteiger partial charge in [0.25, 0.3) is 0 Å². The SMILES string of the molecule is Cc1ccc(-c2ccc(-c3ccc(-c4ccc(C5CCCCC5)cc4)cc3)cc2)cc1. The van der Waals surface area contributed by atoms with Gasteiger partial charge in [-0.25, -0.2) is 0 Å². The van der Waals surface area contributed by atoms with E-state index in [0.717, 1.165) is 5.92 Å². The van der Waals surface area contributed by atoms with Crippen LogP contribution in [0.5, 0.6) is 0 Å². The fourth-order valence-corrected chi connectivity index (χ4v) is 4.84. The molecule has 1 saturated carbocycles. The predicted molar refractivity (Wildman–Crippen MR) is 133 cm³/mol. The van der Waals surface area contributed by atoms with Crippen molar-refractivity contribution in [2.75, 3.05) is 0 Å². The molecule has 0 bridgehead atoms. The fourth-order valence-electron chi connectivity index (χ4n) is 4.84. The summed E-state index contributed by atoms with van der Waals surface area (Å²) in [5, 5.41) is 0. The van der Waals surface area contributed by atoms with E-state index in [0.29, 0.717) is 0 Å². The monoisotopic (exact) mass is 402 g/mol. The smallest absolute Gasteiger partial charge is 0.0162 e. The number of benzene rings is 4. The summed E-state index contributed by atoms with van der Waals surface area (Å²) < 4.78 is 0. The number of hydrogen-bond donors (Lipinski definition) is 0. The summed E-state index contributed by atoms with van der Waals surface area (Å²) in [6.45, 7) is 2.13. The summed E-state index contributed by atoms with van der Waals surface area (Å²) in [6, 6.07) is 35.9. The molecule has 1 aliphatic carbocycles. The molecule has 5 rings (SSSR count). The molecule has 4 aromatic carbocycles. The third kappa shape index (κ3) is 4.49. The minimum atomic E-state index is 0.771. The Morgan fingerprint density at radius 2 is 0.742 bits per heavy atom. The molecule has 0 heteroatoms. The van der Waals surface area contributed by atoms with E-state index in [2.05, 4.69) is 104 Å². The normalized spacial score (nSPS) is 14.5. The van der Waals surface area contributed by atoms with Gasteiger partial charge in [0.05, 0.1) is 0 Å². The molecule has 0 atom stereocenters. The highest BCUT2D eigenvalue weighted by Gasteiger charge is 2.15. The second-order valence-electron chi connectivity index (χ2n) is 8.98. The molecule has 0 aliphatic heterocycles. The zero-order valence-corrected chi connectivity index (χ0v) is 18.4. The lowest BCUT2D eigenvalue weighted by Gasteiger charge is -2.22. The lowest BCUT2D eigenvalue weighted by molar-refractivity contribution is 0.443. The van der Waals surface area contributed by atoms with Crippen molar-refractivity contribution in [3.63, 3.8) is 0 Å². The van der Waals surface area contributed by atoms with Gasteiger partial charge in [-0.2, -0.15) is 0 Å². The van der Waals surface area contributed by atoms with Crippen LogP contribution >= 0.6 is 0 Å². The van der Waals surface area contributed by atoms with Gasteiger partial charge in [0.2, 0.25) is 0 Å². The van der Waals surface area contributed by atoms with Crippen LogP contribution in [-0.4, -0.2) is 0 Å². The highest BCUT2D eigenvalue weighted by Crippen LogP contribution is 2.34. The second-order valence-corrected chi connectivity index (χ2v) is 8.98. The zero-order valence-electron chi connectivity index (χ0n) is 18.4. The van der Waals surface area contributed by atoms with E-state index < -0.39 is 0 Å². The first-order valence-corrected chi connectivity index (χ1v) is 11.6. The summed E-state index contributed by atoms with van der Waals surface area (Å²) >= 11 is 0. The topological polar surface area (TPSA) is 0 Å². The van der Waals surface area contributed by atoms with E-state index in [1.54, 1.807) is 0 Å². The first-order valence-electron chi connectivity index (χ1n) is 11.6. The first-order chi connectivity index (χ1) is 15.3. The molecule has 0 spiro atoms. The van der Waals surface area contributed by atoms with E-state index in [-0.39, 0.29) is 0 Å². The molecule has 0 heterocycles. The maximum atomic E-state index is 2.35. The van der Waals surface area contributed by atoms with Gasteiger partial charge in [-0.05, 0) is 64.6 Å². The highest BCUT2D eigenvalue weighted by molar-refractivity contribution is 5.73. The number of hydrogen-bond acceptors (Lipinski definition) is 0. The molecule has 1 fully saturated rings. The Balaban J connectivity index is 1.31. The second kappa shape index (κ2) is 8.94. The molecule has 0 nitrogen and oxygen atoms in total. The van der Waals surface area contributed by atoms with Gasteiger partial charge < -0.3 is 0 Å². The maximum Gasteiger partial charge on any atom is -0.0162 e. The van der Waals surface area contributed by atoms with Crippen LogP contribution in [-0.2, 0) is 0 Å². The minimum Gasteiger partial charge on any atom is -0.0587 e. The van der Waals surface area contributed by atoms with Crippen molar-refractivity contribution >= 4 is 0 Å². The summed E-state index contributed by atoms with van der Waals surface area (Å²) in [4.78, 5) is 0. The zero-order chi connectivity index (χ0) is 21.0. The molecule has 0 amide bonds. The molecule has 0 aromatic heterocycles. The van der Waals surface area contributed by atoms with Gasteiger partial charge in [0.1, 0.15) is 0 Å². The third-order valence-corrected chi connectivity index (χ3v) is 6.81. The molecule has 0 saturated heterocycles. The van der Waals surface area contributed by atoms with Gasteiger partial charge in [0.15, 0.2) is 0 Å². The molecular weight excluding hydrogens is 372 g/mol. The van der Waals surface area contributed by atoms with E-state index in [1.807, 2.05) is 0 Å². The Hall–Kier alpha value is -3.12. The van der Waals surface area contributed by atoms with E-state index in [1.165, 1.54) is 76.6 Å². The van der Waals surface area contributed by atoms with Crippen LogP contribution < -0.4 is 0 Å². The first kappa shape index (κ1) is 19.8. The Labute approximate surface area is 186 Å². The third-order valence-electron chi connectivity index (χ3n) is 6.81. The van der Waals surface area contributed by atoms with Crippen molar-refractivity contribution in [3.8, 4) is 33.4 Å². The van der Waals surface area contributed by atoms with Crippen molar-refractivity contribution in [2.45, 2.75) is 44.9 Å². The van der Waals surface area contributed by atoms with Crippen LogP contribution in [0.3, 0.4) is 0 Å². The van der Waals surface area contributed by atoms with E-state index in [9.17, 15) is 0 Å². The molecule has 0 N–H and O–H groups in total. The average molecular weight is 403 g/mol. The largest absolute Gasteiger partial charge is 0.0587 e. The standard InChI is InChI=1S/C31H30/c1-23-7-9-25(10-8-23)27-15-17-29(18-16-27)31-21-19-30(20-22-31)28-13-11-26(12-14-28)24-5-3-2-4-6-24/h7-22,24H,2-6H2,1H3. The predicted octanol–water partition coefficient (Wildman–Crippen LogP) is 9.04. The average Bonchev–Trinajstić information content (AvgIpc) is 2.85. The molecule has 154 valence electrons. The molecule has 1 aliphatic rings. The lowest BCUT2D eigenvalue weighted by atomic mass is 9.83. The molecule has 4 aromatic rings. The Morgan fingerprint density at radius 1 is 0.419 bits per heavy atom. The van der Waals surface area contributed by atoms with Gasteiger partial charge in [0, 0.05) is 0 Å². The van der Waals surface area contributed by atoms with Crippen molar-refractivity contribution in [2.24, 2.45) is 0 Å². The maximum absolute atomic E-state index is 2.35. The summed E-state index contributed by atoms with van der Waals surface area (Å²) in [6.07, 6.45) is 6.91. The van der Waals surface area contributed by atoms with Crippen LogP contribution in [0, 0.1) is 6.92 Å². The fraction of sp³-hybridized carbons (Fsp3) is 0.226. The summed E-state index contributed by atoms with van der Waals surface area (Å²) in [5.41, 5.74) is 10.5. The quantitative estimate of drug-likeness (QED) is 0.319. The number of rotatable bonds is 4. The highest BCUT2D eigenvalue weighted by atomic mass is 14.2. The van der Waals surface area contributed by atoms with Crippen molar-refractivity contribution in [1.82, 2.24) is 0 Å². The Morgan fingerprint density at radius 3 is 1.13 bits per heavy atom. The molecule has 31 heavy (non-hydrogen) atoms. The van der Waals surface area contributed by atoms with Crippen LogP contribution in [0.4, 0.5) is 0 Å². The van der Waals surface area contributed by atoms with E-state index >= 15 is 0 Å². The van der Waals surface area contributed by atoms with Gasteiger partial charge in [-0.1, -0.05) is 122 Å². The summed E-state index contributed by atoms with van der Waals surface area (Å²) in [7, 11) is 0. The van der Waals surface area contributed by atoms with Gasteiger partial charge >= 0.3 is 0 Å². The lowest BCUT2D eigenvalue weighted by Crippen LogP contribution is -2.04. The van der Waals surface area contributed by atoms with E-state index in [4.69, 9.17) is 0 Å². The number of aryl methyl sites for hydroxylation is 1. The van der Waals surface area contributed by atoms with Gasteiger partial charge in [-0.15, -0.1) is 0 Å². The van der Waals surface area contributed by atoms with Crippen LogP contribution in [0.1, 0.15) is 49.1 Å². The molecular formula is C31H30. The van der Waals surface area contributed by atoms with Crippen molar-refractivity contribution < 1.29 is 0 Å². The molecule has 0 radical (unpaired) electrons. The van der Waals surface area contributed by atoms with Crippen molar-refractivity contribution in [1.29, 1.82) is 0 Å².